The van der Waals surface area contributed by atoms with Crippen LogP contribution in [0.15, 0.2) is 24.3 Å². The average Bonchev–Trinajstić information content (AvgIpc) is 2.80. The molecule has 1 aromatic carbocycles. The molecule has 1 aromatic rings. The molecule has 1 saturated heterocycles. The highest BCUT2D eigenvalue weighted by atomic mass is 16.5. The third-order valence-corrected chi connectivity index (χ3v) is 3.47. The van der Waals surface area contributed by atoms with Crippen molar-refractivity contribution in [1.82, 2.24) is 10.6 Å². The highest BCUT2D eigenvalue weighted by molar-refractivity contribution is 5.85. The van der Waals surface area contributed by atoms with Gasteiger partial charge in [-0.15, -0.1) is 0 Å². The number of aryl methyl sites for hydroxylation is 1. The van der Waals surface area contributed by atoms with Crippen LogP contribution in [0.1, 0.15) is 44.4 Å². The van der Waals surface area contributed by atoms with Crippen LogP contribution < -0.4 is 10.6 Å². The van der Waals surface area contributed by atoms with Crippen LogP contribution in [-0.4, -0.2) is 30.1 Å². The second-order valence-electron chi connectivity index (χ2n) is 6.76. The number of ether oxygens (including phenoxy) is 1. The number of carbonyl (C=O) groups is 2. The van der Waals surface area contributed by atoms with Crippen LogP contribution in [0.3, 0.4) is 0 Å². The molecule has 0 spiro atoms. The van der Waals surface area contributed by atoms with Gasteiger partial charge in [0.05, 0.1) is 6.61 Å². The molecule has 120 valence electrons. The molecule has 5 nitrogen and oxygen atoms in total. The molecule has 0 saturated carbocycles. The van der Waals surface area contributed by atoms with E-state index in [4.69, 9.17) is 4.74 Å². The van der Waals surface area contributed by atoms with Gasteiger partial charge in [-0.3, -0.25) is 14.9 Å². The predicted molar refractivity (Wildman–Crippen MR) is 84.3 cm³/mol. The Hall–Kier alpha value is -1.88. The minimum Gasteiger partial charge on any atom is -0.464 e. The van der Waals surface area contributed by atoms with Crippen LogP contribution in [0, 0.1) is 6.92 Å². The van der Waals surface area contributed by atoms with Crippen LogP contribution in [0.5, 0.6) is 0 Å². The van der Waals surface area contributed by atoms with Gasteiger partial charge in [-0.05, 0) is 33.3 Å². The molecule has 1 aliphatic rings. The summed E-state index contributed by atoms with van der Waals surface area (Å²) >= 11 is 0. The molecule has 2 N–H and O–H groups in total. The molecule has 5 heteroatoms. The zero-order valence-electron chi connectivity index (χ0n) is 13.6. The number of benzene rings is 1. The number of nitrogens with one attached hydrogen (secondary N) is 2. The smallest absolute Gasteiger partial charge is 0.323 e. The van der Waals surface area contributed by atoms with Crippen molar-refractivity contribution < 1.29 is 14.3 Å². The zero-order chi connectivity index (χ0) is 16.3. The van der Waals surface area contributed by atoms with Gasteiger partial charge in [0.1, 0.15) is 12.1 Å². The van der Waals surface area contributed by atoms with E-state index in [9.17, 15) is 9.59 Å². The molecule has 0 bridgehead atoms. The molecule has 2 atom stereocenters. The van der Waals surface area contributed by atoms with E-state index in [0.717, 1.165) is 11.1 Å². The zero-order valence-corrected chi connectivity index (χ0v) is 13.6. The lowest BCUT2D eigenvalue weighted by Crippen LogP contribution is -2.49. The largest absolute Gasteiger partial charge is 0.464 e. The Morgan fingerprint density at radius 1 is 1.27 bits per heavy atom. The summed E-state index contributed by atoms with van der Waals surface area (Å²) in [5, 5.41) is 6.10. The first-order valence-corrected chi connectivity index (χ1v) is 7.57. The monoisotopic (exact) mass is 304 g/mol. The van der Waals surface area contributed by atoms with E-state index in [1.165, 1.54) is 0 Å². The Kier molecular flexibility index (Phi) is 4.86. The lowest BCUT2D eigenvalue weighted by Gasteiger charge is -2.27. The number of hydrogen-bond acceptors (Lipinski definition) is 4. The SMILES string of the molecule is Cc1ccc(C(N[C@H]2CCOC2=O)C(=O)NC(C)(C)C)cc1. The Bertz CT molecular complexity index is 546. The van der Waals surface area contributed by atoms with Gasteiger partial charge in [-0.1, -0.05) is 29.8 Å². The minimum atomic E-state index is -0.574. The van der Waals surface area contributed by atoms with Gasteiger partial charge >= 0.3 is 5.97 Å². The van der Waals surface area contributed by atoms with Gasteiger partial charge in [-0.25, -0.2) is 0 Å². The Balaban J connectivity index is 2.21. The Labute approximate surface area is 131 Å². The van der Waals surface area contributed by atoms with Crippen molar-refractivity contribution >= 4 is 11.9 Å². The molecular weight excluding hydrogens is 280 g/mol. The summed E-state index contributed by atoms with van der Waals surface area (Å²) in [6, 6.07) is 6.74. The van der Waals surface area contributed by atoms with Crippen LogP contribution in [0.2, 0.25) is 0 Å². The maximum absolute atomic E-state index is 12.6. The van der Waals surface area contributed by atoms with Gasteiger partial charge in [0.25, 0.3) is 0 Å². The number of amides is 1. The molecule has 2 rings (SSSR count). The van der Waals surface area contributed by atoms with Crippen LogP contribution in [-0.2, 0) is 14.3 Å². The van der Waals surface area contributed by atoms with Crippen molar-refractivity contribution in [1.29, 1.82) is 0 Å². The van der Waals surface area contributed by atoms with Gasteiger partial charge in [0.15, 0.2) is 0 Å². The van der Waals surface area contributed by atoms with Gasteiger partial charge in [0.2, 0.25) is 5.91 Å². The van der Waals surface area contributed by atoms with E-state index in [2.05, 4.69) is 10.6 Å². The van der Waals surface area contributed by atoms with E-state index >= 15 is 0 Å². The molecule has 0 aromatic heterocycles. The fourth-order valence-electron chi connectivity index (χ4n) is 2.37. The molecule has 1 heterocycles. The van der Waals surface area contributed by atoms with Crippen molar-refractivity contribution in [2.45, 2.75) is 51.7 Å². The maximum atomic E-state index is 12.6. The van der Waals surface area contributed by atoms with Crippen LogP contribution in [0.25, 0.3) is 0 Å². The standard InChI is InChI=1S/C17H24N2O3/c1-11-5-7-12(8-6-11)14(15(20)19-17(2,3)4)18-13-9-10-22-16(13)21/h5-8,13-14,18H,9-10H2,1-4H3,(H,19,20)/t13-,14?/m0/s1. The molecule has 1 fully saturated rings. The normalized spacial score (nSPS) is 19.6. The second-order valence-corrected chi connectivity index (χ2v) is 6.76. The van der Waals surface area contributed by atoms with Crippen molar-refractivity contribution in [3.8, 4) is 0 Å². The maximum Gasteiger partial charge on any atom is 0.323 e. The number of cyclic esters (lactones) is 1. The van der Waals surface area contributed by atoms with Crippen molar-refractivity contribution in [2.75, 3.05) is 6.61 Å². The fraction of sp³-hybridized carbons (Fsp3) is 0.529. The number of carbonyl (C=O) groups excluding carboxylic acids is 2. The highest BCUT2D eigenvalue weighted by Crippen LogP contribution is 2.19. The van der Waals surface area contributed by atoms with E-state index in [1.54, 1.807) is 0 Å². The molecular formula is C17H24N2O3. The number of hydrogen-bond donors (Lipinski definition) is 2. The van der Waals surface area contributed by atoms with E-state index in [0.29, 0.717) is 13.0 Å². The molecule has 22 heavy (non-hydrogen) atoms. The third-order valence-electron chi connectivity index (χ3n) is 3.47. The van der Waals surface area contributed by atoms with Crippen molar-refractivity contribution in [3.63, 3.8) is 0 Å². The molecule has 1 aliphatic heterocycles. The summed E-state index contributed by atoms with van der Waals surface area (Å²) in [6.07, 6.45) is 0.587. The van der Waals surface area contributed by atoms with E-state index < -0.39 is 12.1 Å². The summed E-state index contributed by atoms with van der Waals surface area (Å²) in [4.78, 5) is 24.3. The quantitative estimate of drug-likeness (QED) is 0.833. The lowest BCUT2D eigenvalue weighted by atomic mass is 10.0. The first-order valence-electron chi connectivity index (χ1n) is 7.57. The summed E-state index contributed by atoms with van der Waals surface area (Å²) < 4.78 is 4.97. The topological polar surface area (TPSA) is 67.4 Å². The molecule has 1 amide bonds. The Morgan fingerprint density at radius 3 is 2.41 bits per heavy atom. The van der Waals surface area contributed by atoms with Gasteiger partial charge in [0, 0.05) is 12.0 Å². The number of esters is 1. The van der Waals surface area contributed by atoms with Crippen molar-refractivity contribution in [3.05, 3.63) is 35.4 Å². The van der Waals surface area contributed by atoms with Crippen LogP contribution >= 0.6 is 0 Å². The minimum absolute atomic E-state index is 0.143. The van der Waals surface area contributed by atoms with E-state index in [1.807, 2.05) is 52.0 Å². The van der Waals surface area contributed by atoms with Gasteiger partial charge in [-0.2, -0.15) is 0 Å². The first kappa shape index (κ1) is 16.5. The van der Waals surface area contributed by atoms with Crippen molar-refractivity contribution in [2.24, 2.45) is 0 Å². The summed E-state index contributed by atoms with van der Waals surface area (Å²) in [6.45, 7) is 8.19. The lowest BCUT2D eigenvalue weighted by molar-refractivity contribution is -0.140. The van der Waals surface area contributed by atoms with Crippen LogP contribution in [0.4, 0.5) is 0 Å². The third kappa shape index (κ3) is 4.31. The molecule has 0 aliphatic carbocycles. The molecule has 0 radical (unpaired) electrons. The average molecular weight is 304 g/mol. The Morgan fingerprint density at radius 2 is 1.91 bits per heavy atom. The summed E-state index contributed by atoms with van der Waals surface area (Å²) in [5.74, 6) is -0.434. The van der Waals surface area contributed by atoms with Gasteiger partial charge < -0.3 is 10.1 Å². The first-order chi connectivity index (χ1) is 10.3. The highest BCUT2D eigenvalue weighted by Gasteiger charge is 2.33. The summed E-state index contributed by atoms with van der Waals surface area (Å²) in [5.41, 5.74) is 1.63. The fourth-order valence-corrected chi connectivity index (χ4v) is 2.37. The predicted octanol–water partition coefficient (Wildman–Crippen LogP) is 1.86. The summed E-state index contributed by atoms with van der Waals surface area (Å²) in [7, 11) is 0. The number of rotatable bonds is 4. The van der Waals surface area contributed by atoms with E-state index in [-0.39, 0.29) is 17.4 Å². The molecule has 1 unspecified atom stereocenters. The second kappa shape index (κ2) is 6.48.